The molecule has 6 heteroatoms. The molecular formula is C12H21N3O2S. The third-order valence-corrected chi connectivity index (χ3v) is 4.93. The molecule has 2 heterocycles. The lowest BCUT2D eigenvalue weighted by atomic mass is 9.93. The first kappa shape index (κ1) is 13.5. The molecule has 1 aromatic heterocycles. The zero-order valence-corrected chi connectivity index (χ0v) is 11.6. The number of hydrogen-bond acceptors (Lipinski definition) is 3. The van der Waals surface area contributed by atoms with Gasteiger partial charge in [0.25, 0.3) is 0 Å². The third kappa shape index (κ3) is 3.81. The number of aryl methyl sites for hydroxylation is 1. The summed E-state index contributed by atoms with van der Waals surface area (Å²) in [5.41, 5.74) is 0. The van der Waals surface area contributed by atoms with E-state index in [1.54, 1.807) is 10.5 Å². The van der Waals surface area contributed by atoms with Crippen molar-refractivity contribution in [1.82, 2.24) is 13.9 Å². The second kappa shape index (κ2) is 5.84. The van der Waals surface area contributed by atoms with Crippen LogP contribution in [-0.4, -0.2) is 41.6 Å². The predicted molar refractivity (Wildman–Crippen MR) is 70.6 cm³/mol. The van der Waals surface area contributed by atoms with Crippen molar-refractivity contribution < 1.29 is 8.42 Å². The van der Waals surface area contributed by atoms with Crippen LogP contribution in [0.3, 0.4) is 0 Å². The SMILES string of the molecule is CS(=O)(=O)N1CCC(CCCn2ccnc2)CC1. The van der Waals surface area contributed by atoms with Gasteiger partial charge < -0.3 is 4.57 Å². The molecule has 0 aromatic carbocycles. The molecule has 0 radical (unpaired) electrons. The Morgan fingerprint density at radius 2 is 2.06 bits per heavy atom. The summed E-state index contributed by atoms with van der Waals surface area (Å²) in [5.74, 6) is 0.673. The minimum Gasteiger partial charge on any atom is -0.337 e. The normalized spacial score (nSPS) is 19.2. The van der Waals surface area contributed by atoms with E-state index in [0.29, 0.717) is 19.0 Å². The van der Waals surface area contributed by atoms with Gasteiger partial charge >= 0.3 is 0 Å². The molecule has 2 rings (SSSR count). The smallest absolute Gasteiger partial charge is 0.211 e. The lowest BCUT2D eigenvalue weighted by Crippen LogP contribution is -2.37. The van der Waals surface area contributed by atoms with Crippen LogP contribution in [0.15, 0.2) is 18.7 Å². The topological polar surface area (TPSA) is 55.2 Å². The summed E-state index contributed by atoms with van der Waals surface area (Å²) in [6.07, 6.45) is 11.2. The Hall–Kier alpha value is -0.880. The van der Waals surface area contributed by atoms with Gasteiger partial charge in [0.1, 0.15) is 0 Å². The van der Waals surface area contributed by atoms with Gasteiger partial charge in [0, 0.05) is 32.0 Å². The molecule has 102 valence electrons. The van der Waals surface area contributed by atoms with E-state index in [2.05, 4.69) is 9.55 Å². The predicted octanol–water partition coefficient (Wildman–Crippen LogP) is 1.33. The van der Waals surface area contributed by atoms with Gasteiger partial charge in [-0.15, -0.1) is 0 Å². The average Bonchev–Trinajstić information content (AvgIpc) is 2.82. The Balaban J connectivity index is 1.68. The van der Waals surface area contributed by atoms with Gasteiger partial charge in [-0.25, -0.2) is 17.7 Å². The molecule has 0 atom stereocenters. The van der Waals surface area contributed by atoms with E-state index in [4.69, 9.17) is 0 Å². The summed E-state index contributed by atoms with van der Waals surface area (Å²) >= 11 is 0. The molecule has 5 nitrogen and oxygen atoms in total. The maximum absolute atomic E-state index is 11.4. The first-order valence-electron chi connectivity index (χ1n) is 6.46. The van der Waals surface area contributed by atoms with Crippen LogP contribution in [0.5, 0.6) is 0 Å². The highest BCUT2D eigenvalue weighted by atomic mass is 32.2. The first-order chi connectivity index (χ1) is 8.55. The van der Waals surface area contributed by atoms with Crippen LogP contribution in [0.25, 0.3) is 0 Å². The standard InChI is InChI=1S/C12H21N3O2S/c1-18(16,17)15-8-4-12(5-9-15)3-2-7-14-10-6-13-11-14/h6,10-12H,2-5,7-9H2,1H3. The van der Waals surface area contributed by atoms with Crippen LogP contribution in [0.2, 0.25) is 0 Å². The second-order valence-corrected chi connectivity index (χ2v) is 7.03. The van der Waals surface area contributed by atoms with E-state index >= 15 is 0 Å². The zero-order chi connectivity index (χ0) is 13.0. The Morgan fingerprint density at radius 1 is 1.33 bits per heavy atom. The summed E-state index contributed by atoms with van der Waals surface area (Å²) in [7, 11) is -2.98. The lowest BCUT2D eigenvalue weighted by Gasteiger charge is -2.30. The minimum absolute atomic E-state index is 0.673. The highest BCUT2D eigenvalue weighted by molar-refractivity contribution is 7.88. The Morgan fingerprint density at radius 3 is 2.61 bits per heavy atom. The average molecular weight is 271 g/mol. The van der Waals surface area contributed by atoms with Crippen LogP contribution in [-0.2, 0) is 16.6 Å². The van der Waals surface area contributed by atoms with E-state index in [0.717, 1.165) is 25.8 Å². The Kier molecular flexibility index (Phi) is 4.40. The van der Waals surface area contributed by atoms with Crippen molar-refractivity contribution in [1.29, 1.82) is 0 Å². The van der Waals surface area contributed by atoms with Crippen molar-refractivity contribution in [2.45, 2.75) is 32.2 Å². The molecule has 0 amide bonds. The number of sulfonamides is 1. The molecule has 0 bridgehead atoms. The summed E-state index contributed by atoms with van der Waals surface area (Å²) in [6, 6.07) is 0. The van der Waals surface area contributed by atoms with Crippen LogP contribution in [0.1, 0.15) is 25.7 Å². The molecule has 0 unspecified atom stereocenters. The van der Waals surface area contributed by atoms with E-state index < -0.39 is 10.0 Å². The summed E-state index contributed by atoms with van der Waals surface area (Å²) in [6.45, 7) is 2.38. The van der Waals surface area contributed by atoms with Crippen LogP contribution < -0.4 is 0 Å². The van der Waals surface area contributed by atoms with Crippen LogP contribution in [0, 0.1) is 5.92 Å². The Bertz CT molecular complexity index is 448. The molecule has 1 fully saturated rings. The maximum atomic E-state index is 11.4. The van der Waals surface area contributed by atoms with E-state index in [9.17, 15) is 8.42 Å². The molecule has 1 saturated heterocycles. The fraction of sp³-hybridized carbons (Fsp3) is 0.750. The highest BCUT2D eigenvalue weighted by Gasteiger charge is 2.24. The molecule has 0 aliphatic carbocycles. The molecule has 0 N–H and O–H groups in total. The quantitative estimate of drug-likeness (QED) is 0.812. The van der Waals surface area contributed by atoms with Gasteiger partial charge in [0.05, 0.1) is 12.6 Å². The van der Waals surface area contributed by atoms with Gasteiger partial charge in [-0.05, 0) is 31.6 Å². The van der Waals surface area contributed by atoms with E-state index in [1.165, 1.54) is 12.7 Å². The highest BCUT2D eigenvalue weighted by Crippen LogP contribution is 2.23. The zero-order valence-electron chi connectivity index (χ0n) is 10.8. The first-order valence-corrected chi connectivity index (χ1v) is 8.31. The van der Waals surface area contributed by atoms with Crippen LogP contribution in [0.4, 0.5) is 0 Å². The summed E-state index contributed by atoms with van der Waals surface area (Å²) in [4.78, 5) is 4.01. The monoisotopic (exact) mass is 271 g/mol. The molecule has 1 aliphatic rings. The molecule has 1 aromatic rings. The molecule has 1 aliphatic heterocycles. The van der Waals surface area contributed by atoms with Crippen molar-refractivity contribution in [3.05, 3.63) is 18.7 Å². The number of piperidine rings is 1. The largest absolute Gasteiger partial charge is 0.337 e. The van der Waals surface area contributed by atoms with E-state index in [1.807, 2.05) is 12.5 Å². The van der Waals surface area contributed by atoms with Crippen molar-refractivity contribution in [2.24, 2.45) is 5.92 Å². The van der Waals surface area contributed by atoms with Gasteiger partial charge in [-0.2, -0.15) is 0 Å². The number of nitrogens with zero attached hydrogens (tertiary/aromatic N) is 3. The Labute approximate surface area is 109 Å². The molecular weight excluding hydrogens is 250 g/mol. The molecule has 18 heavy (non-hydrogen) atoms. The van der Waals surface area contributed by atoms with Crippen molar-refractivity contribution >= 4 is 10.0 Å². The van der Waals surface area contributed by atoms with Gasteiger partial charge in [-0.1, -0.05) is 0 Å². The fourth-order valence-electron chi connectivity index (χ4n) is 2.51. The third-order valence-electron chi connectivity index (χ3n) is 3.63. The molecule has 0 spiro atoms. The molecule has 0 saturated carbocycles. The van der Waals surface area contributed by atoms with Crippen LogP contribution >= 0.6 is 0 Å². The maximum Gasteiger partial charge on any atom is 0.211 e. The number of aromatic nitrogens is 2. The van der Waals surface area contributed by atoms with Crippen molar-refractivity contribution in [2.75, 3.05) is 19.3 Å². The van der Waals surface area contributed by atoms with Crippen molar-refractivity contribution in [3.8, 4) is 0 Å². The number of hydrogen-bond donors (Lipinski definition) is 0. The lowest BCUT2D eigenvalue weighted by molar-refractivity contribution is 0.259. The number of imidazole rings is 1. The van der Waals surface area contributed by atoms with Gasteiger partial charge in [0.15, 0.2) is 0 Å². The summed E-state index contributed by atoms with van der Waals surface area (Å²) in [5, 5.41) is 0. The summed E-state index contributed by atoms with van der Waals surface area (Å²) < 4.78 is 26.4. The second-order valence-electron chi connectivity index (χ2n) is 5.05. The van der Waals surface area contributed by atoms with Gasteiger partial charge in [-0.3, -0.25) is 0 Å². The number of rotatable bonds is 5. The fourth-order valence-corrected chi connectivity index (χ4v) is 3.39. The van der Waals surface area contributed by atoms with E-state index in [-0.39, 0.29) is 0 Å². The minimum atomic E-state index is -2.98. The van der Waals surface area contributed by atoms with Crippen molar-refractivity contribution in [3.63, 3.8) is 0 Å². The van der Waals surface area contributed by atoms with Gasteiger partial charge in [0.2, 0.25) is 10.0 Å².